The maximum atomic E-state index is 13.3. The van der Waals surface area contributed by atoms with Crippen LogP contribution in [0.2, 0.25) is 0 Å². The van der Waals surface area contributed by atoms with Gasteiger partial charge in [-0.1, -0.05) is 23.8 Å². The van der Waals surface area contributed by atoms with Crippen LogP contribution in [0.3, 0.4) is 0 Å². The van der Waals surface area contributed by atoms with Crippen molar-refractivity contribution in [1.29, 1.82) is 0 Å². The van der Waals surface area contributed by atoms with Gasteiger partial charge in [0.05, 0.1) is 11.0 Å². The van der Waals surface area contributed by atoms with E-state index in [1.807, 2.05) is 31.2 Å². The van der Waals surface area contributed by atoms with Crippen molar-refractivity contribution in [1.82, 2.24) is 0 Å². The van der Waals surface area contributed by atoms with Crippen molar-refractivity contribution in [2.75, 3.05) is 5.32 Å². The van der Waals surface area contributed by atoms with E-state index in [9.17, 15) is 4.39 Å². The molecule has 3 N–H and O–H groups in total. The highest BCUT2D eigenvalue weighted by Gasteiger charge is 2.00. The number of nitrogens with zero attached hydrogens (tertiary/aromatic N) is 1. The Hall–Kier alpha value is -1.15. The molecule has 2 aromatic rings. The lowest BCUT2D eigenvalue weighted by molar-refractivity contribution is 0.619. The van der Waals surface area contributed by atoms with E-state index >= 15 is 0 Å². The number of hydrogen-bond acceptors (Lipinski definition) is 1. The molecule has 0 spiro atoms. The summed E-state index contributed by atoms with van der Waals surface area (Å²) >= 11 is 3.11. The monoisotopic (exact) mass is 463 g/mol. The minimum absolute atomic E-state index is 0. The molecule has 0 atom stereocenters. The summed E-state index contributed by atoms with van der Waals surface area (Å²) in [6.07, 6.45) is 0. The van der Waals surface area contributed by atoms with Gasteiger partial charge in [-0.15, -0.1) is 24.0 Å². The van der Waals surface area contributed by atoms with Crippen LogP contribution in [0.25, 0.3) is 0 Å². The standard InChI is InChI=1S/C15H15BrFN3.HI/c1-10-2-5-12(6-3-10)20-15(18)19-9-11-4-7-13(16)14(17)8-11;/h2-8H,9H2,1H3,(H3,18,19,20);1H. The quantitative estimate of drug-likeness (QED) is 0.401. The van der Waals surface area contributed by atoms with Crippen molar-refractivity contribution in [3.63, 3.8) is 0 Å². The second-order valence-corrected chi connectivity index (χ2v) is 5.30. The Balaban J connectivity index is 0.00000220. The number of guanidine groups is 1. The Labute approximate surface area is 149 Å². The van der Waals surface area contributed by atoms with Gasteiger partial charge < -0.3 is 11.1 Å². The third kappa shape index (κ3) is 5.62. The van der Waals surface area contributed by atoms with Crippen molar-refractivity contribution in [3.05, 3.63) is 63.9 Å². The molecule has 3 nitrogen and oxygen atoms in total. The second-order valence-electron chi connectivity index (χ2n) is 4.44. The van der Waals surface area contributed by atoms with Gasteiger partial charge in [0.25, 0.3) is 0 Å². The van der Waals surface area contributed by atoms with Crippen LogP contribution in [0.1, 0.15) is 11.1 Å². The molecule has 0 bridgehead atoms. The van der Waals surface area contributed by atoms with E-state index in [0.29, 0.717) is 17.0 Å². The van der Waals surface area contributed by atoms with Gasteiger partial charge in [0.15, 0.2) is 5.96 Å². The van der Waals surface area contributed by atoms with Crippen LogP contribution in [0.15, 0.2) is 51.9 Å². The molecule has 0 aliphatic rings. The first-order valence-electron chi connectivity index (χ1n) is 6.12. The van der Waals surface area contributed by atoms with E-state index in [-0.39, 0.29) is 29.8 Å². The van der Waals surface area contributed by atoms with E-state index in [4.69, 9.17) is 5.73 Å². The Morgan fingerprint density at radius 1 is 1.24 bits per heavy atom. The zero-order chi connectivity index (χ0) is 14.5. The predicted molar refractivity (Wildman–Crippen MR) is 99.6 cm³/mol. The molecule has 0 unspecified atom stereocenters. The van der Waals surface area contributed by atoms with E-state index in [1.54, 1.807) is 12.1 Å². The van der Waals surface area contributed by atoms with Crippen LogP contribution < -0.4 is 11.1 Å². The molecule has 0 radical (unpaired) electrons. The zero-order valence-corrected chi connectivity index (χ0v) is 15.4. The number of anilines is 1. The number of hydrogen-bond donors (Lipinski definition) is 2. The van der Waals surface area contributed by atoms with Crippen LogP contribution in [0.4, 0.5) is 10.1 Å². The van der Waals surface area contributed by atoms with Gasteiger partial charge in [-0.25, -0.2) is 9.38 Å². The van der Waals surface area contributed by atoms with E-state index < -0.39 is 0 Å². The van der Waals surface area contributed by atoms with Gasteiger partial charge in [-0.3, -0.25) is 0 Å². The number of aryl methyl sites for hydroxylation is 1. The Morgan fingerprint density at radius 3 is 2.52 bits per heavy atom. The summed E-state index contributed by atoms with van der Waals surface area (Å²) in [5, 5.41) is 2.99. The smallest absolute Gasteiger partial charge is 0.193 e. The van der Waals surface area contributed by atoms with Crippen LogP contribution in [-0.2, 0) is 6.54 Å². The van der Waals surface area contributed by atoms with E-state index in [2.05, 4.69) is 26.2 Å². The number of halogens is 3. The molecular weight excluding hydrogens is 448 g/mol. The normalized spacial score (nSPS) is 10.9. The molecule has 0 saturated carbocycles. The molecule has 0 fully saturated rings. The average Bonchev–Trinajstić information content (AvgIpc) is 2.43. The van der Waals surface area contributed by atoms with Crippen molar-refractivity contribution in [2.45, 2.75) is 13.5 Å². The Morgan fingerprint density at radius 2 is 1.90 bits per heavy atom. The summed E-state index contributed by atoms with van der Waals surface area (Å²) < 4.78 is 13.8. The van der Waals surface area contributed by atoms with Gasteiger partial charge in [0.1, 0.15) is 5.82 Å². The third-order valence-electron chi connectivity index (χ3n) is 2.74. The van der Waals surface area contributed by atoms with Crippen LogP contribution in [-0.4, -0.2) is 5.96 Å². The second kappa shape index (κ2) is 8.33. The molecule has 2 aromatic carbocycles. The highest BCUT2D eigenvalue weighted by atomic mass is 127. The van der Waals surface area contributed by atoms with Crippen LogP contribution in [0.5, 0.6) is 0 Å². The van der Waals surface area contributed by atoms with Gasteiger partial charge >= 0.3 is 0 Å². The van der Waals surface area contributed by atoms with E-state index in [1.165, 1.54) is 11.6 Å². The number of nitrogens with one attached hydrogen (secondary N) is 1. The summed E-state index contributed by atoms with van der Waals surface area (Å²) in [6, 6.07) is 12.7. The molecule has 21 heavy (non-hydrogen) atoms. The first-order chi connectivity index (χ1) is 9.54. The minimum atomic E-state index is -0.303. The molecule has 0 aromatic heterocycles. The van der Waals surface area contributed by atoms with Crippen molar-refractivity contribution in [3.8, 4) is 0 Å². The summed E-state index contributed by atoms with van der Waals surface area (Å²) in [7, 11) is 0. The number of rotatable bonds is 3. The number of nitrogens with two attached hydrogens (primary N) is 1. The van der Waals surface area contributed by atoms with Gasteiger partial charge in [-0.05, 0) is 52.7 Å². The maximum Gasteiger partial charge on any atom is 0.193 e. The van der Waals surface area contributed by atoms with Crippen molar-refractivity contribution < 1.29 is 4.39 Å². The van der Waals surface area contributed by atoms with Crippen molar-refractivity contribution >= 4 is 51.6 Å². The summed E-state index contributed by atoms with van der Waals surface area (Å²) in [6.45, 7) is 2.35. The van der Waals surface area contributed by atoms with Crippen LogP contribution in [0, 0.1) is 12.7 Å². The first-order valence-corrected chi connectivity index (χ1v) is 6.91. The van der Waals surface area contributed by atoms with Crippen molar-refractivity contribution in [2.24, 2.45) is 10.7 Å². The third-order valence-corrected chi connectivity index (χ3v) is 3.38. The molecule has 0 aliphatic carbocycles. The molecule has 112 valence electrons. The maximum absolute atomic E-state index is 13.3. The Bertz CT molecular complexity index is 629. The summed E-state index contributed by atoms with van der Waals surface area (Å²) in [5.74, 6) is -0.0000508. The Kier molecular flexibility index (Phi) is 7.10. The lowest BCUT2D eigenvalue weighted by atomic mass is 10.2. The largest absolute Gasteiger partial charge is 0.370 e. The molecule has 0 aliphatic heterocycles. The summed E-state index contributed by atoms with van der Waals surface area (Å²) in [4.78, 5) is 4.18. The molecule has 0 amide bonds. The molecule has 0 heterocycles. The first kappa shape index (κ1) is 17.9. The zero-order valence-electron chi connectivity index (χ0n) is 11.4. The highest BCUT2D eigenvalue weighted by Crippen LogP contribution is 2.16. The predicted octanol–water partition coefficient (Wildman–Crippen LogP) is 4.44. The fourth-order valence-corrected chi connectivity index (χ4v) is 1.89. The van der Waals surface area contributed by atoms with Gasteiger partial charge in [-0.2, -0.15) is 0 Å². The molecule has 0 saturated heterocycles. The molecular formula is C15H16BrFIN3. The number of aliphatic imine (C=N–C) groups is 1. The fourth-order valence-electron chi connectivity index (χ4n) is 1.64. The van der Waals surface area contributed by atoms with Gasteiger partial charge in [0, 0.05) is 5.69 Å². The van der Waals surface area contributed by atoms with Gasteiger partial charge in [0.2, 0.25) is 0 Å². The summed E-state index contributed by atoms with van der Waals surface area (Å²) in [5.41, 5.74) is 8.61. The lowest BCUT2D eigenvalue weighted by Crippen LogP contribution is -2.22. The fraction of sp³-hybridized carbons (Fsp3) is 0.133. The van der Waals surface area contributed by atoms with E-state index in [0.717, 1.165) is 11.3 Å². The highest BCUT2D eigenvalue weighted by molar-refractivity contribution is 14.0. The minimum Gasteiger partial charge on any atom is -0.370 e. The topological polar surface area (TPSA) is 50.4 Å². The SMILES string of the molecule is Cc1ccc(NC(N)=NCc2ccc(Br)c(F)c2)cc1.I. The number of benzene rings is 2. The molecule has 6 heteroatoms. The van der Waals surface area contributed by atoms with Crippen LogP contribution >= 0.6 is 39.9 Å². The molecule has 2 rings (SSSR count). The lowest BCUT2D eigenvalue weighted by Gasteiger charge is -2.06. The average molecular weight is 464 g/mol.